The van der Waals surface area contributed by atoms with Crippen LogP contribution < -0.4 is 0 Å². The molecule has 0 saturated heterocycles. The third-order valence-electron chi connectivity index (χ3n) is 2.07. The quantitative estimate of drug-likeness (QED) is 0.825. The van der Waals surface area contributed by atoms with E-state index in [-0.39, 0.29) is 18.7 Å². The van der Waals surface area contributed by atoms with Crippen molar-refractivity contribution in [3.63, 3.8) is 0 Å². The zero-order valence-electron chi connectivity index (χ0n) is 9.54. The van der Waals surface area contributed by atoms with Crippen LogP contribution in [0.25, 0.3) is 0 Å². The fourth-order valence-electron chi connectivity index (χ4n) is 1.40. The summed E-state index contributed by atoms with van der Waals surface area (Å²) in [4.78, 5) is 15.1. The smallest absolute Gasteiger partial charge is 0.312 e. The van der Waals surface area contributed by atoms with Gasteiger partial charge in [0.15, 0.2) is 0 Å². The molecular formula is C11H13F2NO3. The van der Waals surface area contributed by atoms with Gasteiger partial charge >= 0.3 is 5.97 Å². The Morgan fingerprint density at radius 1 is 1.59 bits per heavy atom. The van der Waals surface area contributed by atoms with E-state index in [4.69, 9.17) is 0 Å². The van der Waals surface area contributed by atoms with Gasteiger partial charge in [0.1, 0.15) is 5.75 Å². The Balaban J connectivity index is 3.03. The monoisotopic (exact) mass is 245 g/mol. The number of nitrogens with zero attached hydrogens (tertiary/aromatic N) is 1. The van der Waals surface area contributed by atoms with Crippen LogP contribution in [0.15, 0.2) is 6.07 Å². The average Bonchev–Trinajstić information content (AvgIpc) is 2.22. The van der Waals surface area contributed by atoms with Crippen LogP contribution in [0.1, 0.15) is 30.3 Å². The average molecular weight is 245 g/mol. The first-order valence-corrected chi connectivity index (χ1v) is 5.08. The van der Waals surface area contributed by atoms with Crippen LogP contribution in [0.5, 0.6) is 5.75 Å². The molecule has 17 heavy (non-hydrogen) atoms. The zero-order chi connectivity index (χ0) is 13.0. The van der Waals surface area contributed by atoms with Gasteiger partial charge in [-0.15, -0.1) is 0 Å². The van der Waals surface area contributed by atoms with Crippen molar-refractivity contribution in [2.75, 3.05) is 6.61 Å². The van der Waals surface area contributed by atoms with E-state index in [0.29, 0.717) is 5.69 Å². The molecule has 0 spiro atoms. The van der Waals surface area contributed by atoms with E-state index in [1.807, 2.05) is 0 Å². The van der Waals surface area contributed by atoms with Gasteiger partial charge in [0.25, 0.3) is 6.43 Å². The summed E-state index contributed by atoms with van der Waals surface area (Å²) >= 11 is 0. The lowest BCUT2D eigenvalue weighted by Gasteiger charge is -2.09. The SMILES string of the molecule is CCOC(=O)Cc1nc(C)cc(C(F)F)c1O. The normalized spacial score (nSPS) is 10.6. The Hall–Kier alpha value is -1.72. The van der Waals surface area contributed by atoms with Crippen LogP contribution in [0.4, 0.5) is 8.78 Å². The van der Waals surface area contributed by atoms with Crippen LogP contribution in [0.3, 0.4) is 0 Å². The first-order valence-electron chi connectivity index (χ1n) is 5.08. The molecule has 0 aliphatic rings. The minimum Gasteiger partial charge on any atom is -0.506 e. The predicted molar refractivity (Wildman–Crippen MR) is 55.9 cm³/mol. The summed E-state index contributed by atoms with van der Waals surface area (Å²) < 4.78 is 29.8. The summed E-state index contributed by atoms with van der Waals surface area (Å²) in [6.45, 7) is 3.33. The molecule has 0 fully saturated rings. The fraction of sp³-hybridized carbons (Fsp3) is 0.455. The Morgan fingerprint density at radius 2 is 2.24 bits per heavy atom. The molecule has 0 aliphatic heterocycles. The van der Waals surface area contributed by atoms with Crippen molar-refractivity contribution in [1.29, 1.82) is 0 Å². The number of pyridine rings is 1. The Kier molecular flexibility index (Phi) is 4.37. The van der Waals surface area contributed by atoms with Crippen molar-refractivity contribution in [3.05, 3.63) is 23.0 Å². The molecule has 1 heterocycles. The third kappa shape index (κ3) is 3.37. The second-order valence-electron chi connectivity index (χ2n) is 3.43. The molecule has 4 nitrogen and oxygen atoms in total. The molecule has 94 valence electrons. The third-order valence-corrected chi connectivity index (χ3v) is 2.07. The van der Waals surface area contributed by atoms with Crippen LogP contribution in [0, 0.1) is 6.92 Å². The minimum absolute atomic E-state index is 0.0845. The molecule has 0 amide bonds. The van der Waals surface area contributed by atoms with Gasteiger partial charge in [0.2, 0.25) is 0 Å². The van der Waals surface area contributed by atoms with E-state index in [1.54, 1.807) is 6.92 Å². The van der Waals surface area contributed by atoms with E-state index in [1.165, 1.54) is 6.92 Å². The van der Waals surface area contributed by atoms with Gasteiger partial charge in [-0.3, -0.25) is 9.78 Å². The van der Waals surface area contributed by atoms with E-state index in [9.17, 15) is 18.7 Å². The molecule has 0 saturated carbocycles. The lowest BCUT2D eigenvalue weighted by atomic mass is 10.1. The first kappa shape index (κ1) is 13.3. The highest BCUT2D eigenvalue weighted by Crippen LogP contribution is 2.31. The number of rotatable bonds is 4. The van der Waals surface area contributed by atoms with E-state index < -0.39 is 23.7 Å². The van der Waals surface area contributed by atoms with Gasteiger partial charge in [-0.25, -0.2) is 8.78 Å². The molecule has 0 atom stereocenters. The number of carbonyl (C=O) groups is 1. The molecule has 0 aromatic carbocycles. The van der Waals surface area contributed by atoms with Gasteiger partial charge in [-0.2, -0.15) is 0 Å². The van der Waals surface area contributed by atoms with E-state index >= 15 is 0 Å². The number of esters is 1. The van der Waals surface area contributed by atoms with Crippen molar-refractivity contribution < 1.29 is 23.4 Å². The van der Waals surface area contributed by atoms with Crippen molar-refractivity contribution in [3.8, 4) is 5.75 Å². The zero-order valence-corrected chi connectivity index (χ0v) is 9.54. The number of carbonyl (C=O) groups excluding carboxylic acids is 1. The number of aromatic nitrogens is 1. The highest BCUT2D eigenvalue weighted by atomic mass is 19.3. The lowest BCUT2D eigenvalue weighted by molar-refractivity contribution is -0.142. The van der Waals surface area contributed by atoms with Crippen molar-refractivity contribution in [1.82, 2.24) is 4.98 Å². The standard InChI is InChI=1S/C11H13F2NO3/c1-3-17-9(15)5-8-10(16)7(11(12)13)4-6(2)14-8/h4,11,16H,3,5H2,1-2H3. The van der Waals surface area contributed by atoms with Crippen LogP contribution in [-0.4, -0.2) is 22.7 Å². The second kappa shape index (κ2) is 5.56. The van der Waals surface area contributed by atoms with Crippen molar-refractivity contribution in [2.24, 2.45) is 0 Å². The first-order chi connectivity index (χ1) is 7.95. The number of hydrogen-bond donors (Lipinski definition) is 1. The van der Waals surface area contributed by atoms with Crippen molar-refractivity contribution >= 4 is 5.97 Å². The number of halogens is 2. The van der Waals surface area contributed by atoms with Crippen molar-refractivity contribution in [2.45, 2.75) is 26.7 Å². The molecular weight excluding hydrogens is 232 g/mol. The molecule has 0 aliphatic carbocycles. The summed E-state index contributed by atoms with van der Waals surface area (Å²) in [6, 6.07) is 1.09. The number of alkyl halides is 2. The Labute approximate surface area is 97.2 Å². The van der Waals surface area contributed by atoms with E-state index in [2.05, 4.69) is 9.72 Å². The number of hydrogen-bond acceptors (Lipinski definition) is 4. The maximum Gasteiger partial charge on any atom is 0.312 e. The maximum atomic E-state index is 12.6. The molecule has 0 radical (unpaired) electrons. The van der Waals surface area contributed by atoms with Gasteiger partial charge in [-0.05, 0) is 19.9 Å². The van der Waals surface area contributed by atoms with Gasteiger partial charge in [0, 0.05) is 5.69 Å². The van der Waals surface area contributed by atoms with Gasteiger partial charge < -0.3 is 9.84 Å². The molecule has 6 heteroatoms. The number of aromatic hydroxyl groups is 1. The summed E-state index contributed by atoms with van der Waals surface area (Å²) in [5.41, 5.74) is -0.284. The molecule has 1 aromatic rings. The molecule has 0 bridgehead atoms. The summed E-state index contributed by atoms with van der Waals surface area (Å²) in [5, 5.41) is 9.55. The minimum atomic E-state index is -2.81. The summed E-state index contributed by atoms with van der Waals surface area (Å²) in [5.74, 6) is -1.25. The summed E-state index contributed by atoms with van der Waals surface area (Å²) in [7, 11) is 0. The number of aryl methyl sites for hydroxylation is 1. The van der Waals surface area contributed by atoms with Gasteiger partial charge in [-0.1, -0.05) is 0 Å². The molecule has 1 N–H and O–H groups in total. The largest absolute Gasteiger partial charge is 0.506 e. The van der Waals surface area contributed by atoms with E-state index in [0.717, 1.165) is 6.07 Å². The molecule has 0 unspecified atom stereocenters. The Morgan fingerprint density at radius 3 is 2.76 bits per heavy atom. The topological polar surface area (TPSA) is 59.4 Å². The summed E-state index contributed by atoms with van der Waals surface area (Å²) in [6.07, 6.45) is -3.13. The maximum absolute atomic E-state index is 12.6. The van der Waals surface area contributed by atoms with Crippen LogP contribution in [-0.2, 0) is 16.0 Å². The van der Waals surface area contributed by atoms with Gasteiger partial charge in [0.05, 0.1) is 24.3 Å². The van der Waals surface area contributed by atoms with Crippen LogP contribution in [0.2, 0.25) is 0 Å². The second-order valence-corrected chi connectivity index (χ2v) is 3.43. The highest BCUT2D eigenvalue weighted by Gasteiger charge is 2.19. The number of ether oxygens (including phenoxy) is 1. The molecule has 1 rings (SSSR count). The fourth-order valence-corrected chi connectivity index (χ4v) is 1.40. The lowest BCUT2D eigenvalue weighted by Crippen LogP contribution is -2.10. The molecule has 1 aromatic heterocycles. The Bertz CT molecular complexity index is 421. The predicted octanol–water partition coefficient (Wildman–Crippen LogP) is 2.14. The van der Waals surface area contributed by atoms with Crippen LogP contribution >= 0.6 is 0 Å². The highest BCUT2D eigenvalue weighted by molar-refractivity contribution is 5.73.